The highest BCUT2D eigenvalue weighted by Crippen LogP contribution is 2.25. The van der Waals surface area contributed by atoms with E-state index in [-0.39, 0.29) is 5.56 Å². The second-order valence-electron chi connectivity index (χ2n) is 4.81. The monoisotopic (exact) mass is 254 g/mol. The molecule has 94 valence electrons. The van der Waals surface area contributed by atoms with E-state index in [2.05, 4.69) is 19.6 Å². The second-order valence-corrected chi connectivity index (χ2v) is 9.81. The lowest BCUT2D eigenvalue weighted by atomic mass is 10.2. The summed E-state index contributed by atoms with van der Waals surface area (Å²) in [7, 11) is 1.43. The summed E-state index contributed by atoms with van der Waals surface area (Å²) >= 11 is 0. The molecule has 1 aromatic carbocycles. The van der Waals surface area contributed by atoms with Gasteiger partial charge in [0, 0.05) is 5.19 Å². The second kappa shape index (κ2) is 4.79. The Kier molecular flexibility index (Phi) is 3.82. The van der Waals surface area contributed by atoms with Gasteiger partial charge in [0.05, 0.1) is 27.9 Å². The van der Waals surface area contributed by atoms with Crippen LogP contribution in [0, 0.1) is 0 Å². The molecule has 0 atom stereocenters. The molecule has 0 fully saturated rings. The first-order chi connectivity index (χ1) is 7.81. The van der Waals surface area contributed by atoms with Crippen molar-refractivity contribution >= 4 is 19.2 Å². The maximum Gasteiger partial charge on any atom is 0.335 e. The van der Waals surface area contributed by atoms with Crippen LogP contribution in [0.1, 0.15) is 10.4 Å². The number of aromatic carboxylic acids is 1. The molecule has 1 aromatic rings. The zero-order valence-corrected chi connectivity index (χ0v) is 11.8. The van der Waals surface area contributed by atoms with Crippen LogP contribution in [-0.4, -0.2) is 33.4 Å². The fourth-order valence-corrected chi connectivity index (χ4v) is 3.60. The van der Waals surface area contributed by atoms with Crippen molar-refractivity contribution in [1.82, 2.24) is 0 Å². The van der Waals surface area contributed by atoms with Crippen molar-refractivity contribution < 1.29 is 19.4 Å². The van der Waals surface area contributed by atoms with Crippen LogP contribution in [0.25, 0.3) is 0 Å². The van der Waals surface area contributed by atoms with Crippen molar-refractivity contribution in [3.8, 4) is 11.5 Å². The van der Waals surface area contributed by atoms with E-state index in [4.69, 9.17) is 14.6 Å². The molecule has 0 heterocycles. The van der Waals surface area contributed by atoms with Gasteiger partial charge in [-0.15, -0.1) is 0 Å². The maximum atomic E-state index is 11.0. The van der Waals surface area contributed by atoms with Gasteiger partial charge in [0.25, 0.3) is 0 Å². The number of hydrogen-bond donors (Lipinski definition) is 1. The Morgan fingerprint density at radius 3 is 1.76 bits per heavy atom. The molecule has 0 radical (unpaired) electrons. The van der Waals surface area contributed by atoms with Crippen LogP contribution in [0.15, 0.2) is 12.1 Å². The Labute approximate surface area is 102 Å². The van der Waals surface area contributed by atoms with E-state index in [9.17, 15) is 4.79 Å². The average Bonchev–Trinajstić information content (AvgIpc) is 2.25. The van der Waals surface area contributed by atoms with Gasteiger partial charge in [-0.2, -0.15) is 0 Å². The summed E-state index contributed by atoms with van der Waals surface area (Å²) in [5.74, 6) is 0.213. The van der Waals surface area contributed by atoms with Crippen LogP contribution in [0.3, 0.4) is 0 Å². The van der Waals surface area contributed by atoms with Gasteiger partial charge < -0.3 is 14.6 Å². The van der Waals surface area contributed by atoms with Gasteiger partial charge in [0.15, 0.2) is 0 Å². The SMILES string of the molecule is COc1cc(C(=O)O)cc(OC)c1[Si](C)(C)C. The van der Waals surface area contributed by atoms with E-state index in [1.807, 2.05) is 0 Å². The first-order valence-electron chi connectivity index (χ1n) is 5.31. The molecule has 0 aromatic heterocycles. The fraction of sp³-hybridized carbons (Fsp3) is 0.417. The molecule has 0 aliphatic carbocycles. The van der Waals surface area contributed by atoms with Crippen LogP contribution in [0.4, 0.5) is 0 Å². The van der Waals surface area contributed by atoms with E-state index in [1.165, 1.54) is 0 Å². The minimum Gasteiger partial charge on any atom is -0.497 e. The van der Waals surface area contributed by atoms with E-state index in [0.29, 0.717) is 11.5 Å². The number of ether oxygens (including phenoxy) is 2. The Hall–Kier alpha value is -1.49. The van der Waals surface area contributed by atoms with Gasteiger partial charge in [-0.1, -0.05) is 19.6 Å². The lowest BCUT2D eigenvalue weighted by Crippen LogP contribution is -2.39. The Bertz CT molecular complexity index is 410. The predicted octanol–water partition coefficient (Wildman–Crippen LogP) is 1.95. The van der Waals surface area contributed by atoms with E-state index in [1.54, 1.807) is 26.4 Å². The van der Waals surface area contributed by atoms with Crippen LogP contribution in [0.5, 0.6) is 11.5 Å². The molecule has 1 N–H and O–H groups in total. The van der Waals surface area contributed by atoms with Crippen molar-refractivity contribution in [2.75, 3.05) is 14.2 Å². The van der Waals surface area contributed by atoms with Crippen LogP contribution >= 0.6 is 0 Å². The minimum absolute atomic E-state index is 0.181. The van der Waals surface area contributed by atoms with Crippen molar-refractivity contribution in [1.29, 1.82) is 0 Å². The first-order valence-corrected chi connectivity index (χ1v) is 8.81. The van der Waals surface area contributed by atoms with Crippen LogP contribution in [0.2, 0.25) is 19.6 Å². The highest BCUT2D eigenvalue weighted by Gasteiger charge is 2.27. The van der Waals surface area contributed by atoms with Gasteiger partial charge in [-0.3, -0.25) is 0 Å². The van der Waals surface area contributed by atoms with Crippen LogP contribution in [-0.2, 0) is 0 Å². The first kappa shape index (κ1) is 13.6. The third kappa shape index (κ3) is 2.79. The van der Waals surface area contributed by atoms with Gasteiger partial charge in [-0.05, 0) is 12.1 Å². The summed E-state index contributed by atoms with van der Waals surface area (Å²) in [6.45, 7) is 6.48. The number of carbonyl (C=O) groups is 1. The number of benzene rings is 1. The van der Waals surface area contributed by atoms with Crippen molar-refractivity contribution in [2.24, 2.45) is 0 Å². The standard InChI is InChI=1S/C12H18O4Si/c1-15-9-6-8(12(13)14)7-10(16-2)11(9)17(3,4)5/h6-7H,1-5H3,(H,13,14). The topological polar surface area (TPSA) is 55.8 Å². The highest BCUT2D eigenvalue weighted by atomic mass is 28.3. The Morgan fingerprint density at radius 1 is 1.12 bits per heavy atom. The molecular formula is C12H18O4Si. The van der Waals surface area contributed by atoms with Crippen molar-refractivity contribution in [3.05, 3.63) is 17.7 Å². The molecular weight excluding hydrogens is 236 g/mol. The number of carboxylic acids is 1. The molecule has 0 amide bonds. The number of methoxy groups -OCH3 is 2. The van der Waals surface area contributed by atoms with Gasteiger partial charge in [-0.25, -0.2) is 4.79 Å². The lowest BCUT2D eigenvalue weighted by Gasteiger charge is -2.23. The Morgan fingerprint density at radius 2 is 1.53 bits per heavy atom. The molecule has 0 aliphatic heterocycles. The average molecular weight is 254 g/mol. The molecule has 0 saturated heterocycles. The molecule has 4 nitrogen and oxygen atoms in total. The molecule has 0 saturated carbocycles. The number of carboxylic acid groups (broad SMARTS) is 1. The fourth-order valence-electron chi connectivity index (χ4n) is 1.77. The number of rotatable bonds is 4. The third-order valence-electron chi connectivity index (χ3n) is 2.50. The van der Waals surface area contributed by atoms with Gasteiger partial charge in [0.1, 0.15) is 11.5 Å². The van der Waals surface area contributed by atoms with E-state index in [0.717, 1.165) is 5.19 Å². The summed E-state index contributed by atoms with van der Waals surface area (Å²) in [5.41, 5.74) is 0.181. The molecule has 17 heavy (non-hydrogen) atoms. The quantitative estimate of drug-likeness (QED) is 0.834. The number of hydrogen-bond acceptors (Lipinski definition) is 3. The van der Waals surface area contributed by atoms with Crippen LogP contribution < -0.4 is 14.7 Å². The minimum atomic E-state index is -1.67. The van der Waals surface area contributed by atoms with Crippen molar-refractivity contribution in [3.63, 3.8) is 0 Å². The molecule has 0 bridgehead atoms. The summed E-state index contributed by atoms with van der Waals surface area (Å²) in [5, 5.41) is 10.0. The van der Waals surface area contributed by atoms with Crippen molar-refractivity contribution in [2.45, 2.75) is 19.6 Å². The largest absolute Gasteiger partial charge is 0.497 e. The lowest BCUT2D eigenvalue weighted by molar-refractivity contribution is 0.0696. The van der Waals surface area contributed by atoms with E-state index >= 15 is 0 Å². The van der Waals surface area contributed by atoms with E-state index < -0.39 is 14.0 Å². The summed E-state index contributed by atoms with van der Waals surface area (Å²) in [6, 6.07) is 3.11. The molecule has 0 spiro atoms. The molecule has 5 heteroatoms. The third-order valence-corrected chi connectivity index (χ3v) is 4.50. The highest BCUT2D eigenvalue weighted by molar-refractivity contribution is 6.90. The molecule has 1 rings (SSSR count). The van der Waals surface area contributed by atoms with Gasteiger partial charge in [0.2, 0.25) is 0 Å². The zero-order chi connectivity index (χ0) is 13.2. The normalized spacial score (nSPS) is 11.1. The Balaban J connectivity index is 3.53. The summed E-state index contributed by atoms with van der Waals surface area (Å²) in [6.07, 6.45) is 0. The van der Waals surface area contributed by atoms with Gasteiger partial charge >= 0.3 is 5.97 Å². The smallest absolute Gasteiger partial charge is 0.335 e. The predicted molar refractivity (Wildman–Crippen MR) is 69.5 cm³/mol. The summed E-state index contributed by atoms with van der Waals surface area (Å²) < 4.78 is 10.6. The summed E-state index contributed by atoms with van der Waals surface area (Å²) in [4.78, 5) is 11.0. The molecule has 0 unspecified atom stereocenters. The zero-order valence-electron chi connectivity index (χ0n) is 10.8. The maximum absolute atomic E-state index is 11.0. The molecule has 0 aliphatic rings.